The first-order valence-corrected chi connectivity index (χ1v) is 2.80. The van der Waals surface area contributed by atoms with Gasteiger partial charge in [0, 0.05) is 5.92 Å². The molecule has 0 saturated heterocycles. The molecule has 0 aliphatic carbocycles. The first-order chi connectivity index (χ1) is 3.72. The second kappa shape index (κ2) is 3.42. The Labute approximate surface area is 50.4 Å². The maximum Gasteiger partial charge on any atom is 0.123 e. The molecule has 46 valence electrons. The molecule has 0 aliphatic rings. The molecule has 8 heavy (non-hydrogen) atoms. The van der Waals surface area contributed by atoms with Gasteiger partial charge in [0.2, 0.25) is 0 Å². The lowest BCUT2D eigenvalue weighted by Gasteiger charge is -2.06. The van der Waals surface area contributed by atoms with Crippen molar-refractivity contribution in [1.29, 1.82) is 0 Å². The van der Waals surface area contributed by atoms with Crippen LogP contribution in [0.1, 0.15) is 13.8 Å². The van der Waals surface area contributed by atoms with Crippen molar-refractivity contribution in [2.24, 2.45) is 11.8 Å². The lowest BCUT2D eigenvalue weighted by molar-refractivity contribution is -0.111. The largest absolute Gasteiger partial charge is 0.303 e. The Bertz CT molecular complexity index is 74.4. The molecule has 0 heterocycles. The monoisotopic (exact) mass is 112 g/mol. The van der Waals surface area contributed by atoms with Crippen LogP contribution in [-0.2, 0) is 4.79 Å². The van der Waals surface area contributed by atoms with E-state index >= 15 is 0 Å². The number of aldehydes is 1. The van der Waals surface area contributed by atoms with E-state index in [1.165, 1.54) is 0 Å². The van der Waals surface area contributed by atoms with Gasteiger partial charge in [0.25, 0.3) is 0 Å². The number of allylic oxidation sites excluding steroid dienone is 1. The molecule has 0 spiro atoms. The van der Waals surface area contributed by atoms with Gasteiger partial charge in [0.05, 0.1) is 0 Å². The van der Waals surface area contributed by atoms with Gasteiger partial charge in [-0.2, -0.15) is 0 Å². The molecular formula is C7H12O. The second-order valence-electron chi connectivity index (χ2n) is 2.09. The minimum Gasteiger partial charge on any atom is -0.303 e. The number of carbonyl (C=O) groups excluding carboxylic acids is 1. The summed E-state index contributed by atoms with van der Waals surface area (Å²) in [6, 6.07) is 0. The van der Waals surface area contributed by atoms with Crippen LogP contribution in [0.15, 0.2) is 12.7 Å². The molecule has 0 aliphatic heterocycles. The normalized spacial score (nSPS) is 16.8. The highest BCUT2D eigenvalue weighted by molar-refractivity contribution is 5.53. The van der Waals surface area contributed by atoms with Crippen LogP contribution in [0.3, 0.4) is 0 Å². The molecule has 0 amide bonds. The van der Waals surface area contributed by atoms with Gasteiger partial charge in [-0.15, -0.1) is 6.58 Å². The molecule has 0 rings (SSSR count). The Morgan fingerprint density at radius 2 is 1.88 bits per heavy atom. The number of carbonyl (C=O) groups is 1. The van der Waals surface area contributed by atoms with E-state index in [0.717, 1.165) is 6.29 Å². The molecular weight excluding hydrogens is 100 g/mol. The molecule has 2 atom stereocenters. The highest BCUT2D eigenvalue weighted by Gasteiger charge is 2.04. The van der Waals surface area contributed by atoms with Crippen LogP contribution in [-0.4, -0.2) is 6.29 Å². The lowest BCUT2D eigenvalue weighted by atomic mass is 9.98. The molecule has 0 saturated carbocycles. The fourth-order valence-electron chi connectivity index (χ4n) is 0.339. The summed E-state index contributed by atoms with van der Waals surface area (Å²) in [7, 11) is 0. The molecule has 0 N–H and O–H groups in total. The van der Waals surface area contributed by atoms with Crippen LogP contribution in [0.5, 0.6) is 0 Å². The molecule has 0 radical (unpaired) electrons. The van der Waals surface area contributed by atoms with Gasteiger partial charge in [-0.1, -0.05) is 19.9 Å². The highest BCUT2D eigenvalue weighted by Crippen LogP contribution is 2.07. The lowest BCUT2D eigenvalue weighted by Crippen LogP contribution is -2.04. The van der Waals surface area contributed by atoms with Crippen molar-refractivity contribution in [3.05, 3.63) is 12.7 Å². The van der Waals surface area contributed by atoms with Gasteiger partial charge in [-0.25, -0.2) is 0 Å². The van der Waals surface area contributed by atoms with Crippen LogP contribution < -0.4 is 0 Å². The van der Waals surface area contributed by atoms with Gasteiger partial charge in [-0.3, -0.25) is 0 Å². The molecule has 0 unspecified atom stereocenters. The van der Waals surface area contributed by atoms with Gasteiger partial charge in [0.1, 0.15) is 6.29 Å². The van der Waals surface area contributed by atoms with Crippen molar-refractivity contribution < 1.29 is 4.79 Å². The van der Waals surface area contributed by atoms with E-state index in [9.17, 15) is 4.79 Å². The van der Waals surface area contributed by atoms with Crippen molar-refractivity contribution in [3.63, 3.8) is 0 Å². The minimum atomic E-state index is 0.118. The van der Waals surface area contributed by atoms with Crippen molar-refractivity contribution in [2.45, 2.75) is 13.8 Å². The molecule has 0 aromatic carbocycles. The number of hydrogen-bond acceptors (Lipinski definition) is 1. The topological polar surface area (TPSA) is 17.1 Å². The van der Waals surface area contributed by atoms with E-state index in [1.807, 2.05) is 13.8 Å². The predicted molar refractivity (Wildman–Crippen MR) is 34.6 cm³/mol. The minimum absolute atomic E-state index is 0.118. The molecule has 1 heteroatoms. The van der Waals surface area contributed by atoms with Crippen LogP contribution in [0, 0.1) is 11.8 Å². The molecule has 1 nitrogen and oxygen atoms in total. The smallest absolute Gasteiger partial charge is 0.123 e. The van der Waals surface area contributed by atoms with E-state index in [0.29, 0.717) is 5.92 Å². The van der Waals surface area contributed by atoms with E-state index in [2.05, 4.69) is 6.58 Å². The fourth-order valence-corrected chi connectivity index (χ4v) is 0.339. The fraction of sp³-hybridized carbons (Fsp3) is 0.571. The summed E-state index contributed by atoms with van der Waals surface area (Å²) in [6.45, 7) is 7.44. The number of hydrogen-bond donors (Lipinski definition) is 0. The van der Waals surface area contributed by atoms with Gasteiger partial charge < -0.3 is 4.79 Å². The van der Waals surface area contributed by atoms with Crippen LogP contribution >= 0.6 is 0 Å². The van der Waals surface area contributed by atoms with Crippen molar-refractivity contribution in [3.8, 4) is 0 Å². The predicted octanol–water partition coefficient (Wildman–Crippen LogP) is 1.64. The van der Waals surface area contributed by atoms with Gasteiger partial charge in [0.15, 0.2) is 0 Å². The molecule has 0 bridgehead atoms. The second-order valence-corrected chi connectivity index (χ2v) is 2.09. The zero-order valence-electron chi connectivity index (χ0n) is 5.42. The maximum absolute atomic E-state index is 10.1. The summed E-state index contributed by atoms with van der Waals surface area (Å²) >= 11 is 0. The summed E-state index contributed by atoms with van der Waals surface area (Å²) in [5, 5.41) is 0. The Morgan fingerprint density at radius 1 is 1.38 bits per heavy atom. The molecule has 0 fully saturated rings. The molecule has 0 aromatic rings. The van der Waals surface area contributed by atoms with Crippen molar-refractivity contribution in [2.75, 3.05) is 0 Å². The summed E-state index contributed by atoms with van der Waals surface area (Å²) < 4.78 is 0. The number of rotatable bonds is 3. The van der Waals surface area contributed by atoms with Crippen LogP contribution in [0.4, 0.5) is 0 Å². The van der Waals surface area contributed by atoms with Crippen molar-refractivity contribution >= 4 is 6.29 Å². The van der Waals surface area contributed by atoms with E-state index in [1.54, 1.807) is 6.08 Å². The van der Waals surface area contributed by atoms with Crippen LogP contribution in [0.25, 0.3) is 0 Å². The Kier molecular flexibility index (Phi) is 3.16. The average molecular weight is 112 g/mol. The Balaban J connectivity index is 3.60. The van der Waals surface area contributed by atoms with Crippen LogP contribution in [0.2, 0.25) is 0 Å². The Morgan fingerprint density at radius 3 is 2.00 bits per heavy atom. The quantitative estimate of drug-likeness (QED) is 0.400. The van der Waals surface area contributed by atoms with Gasteiger partial charge in [-0.05, 0) is 5.92 Å². The third kappa shape index (κ3) is 1.92. The first kappa shape index (κ1) is 7.41. The molecule has 0 aromatic heterocycles. The van der Waals surface area contributed by atoms with E-state index < -0.39 is 0 Å². The maximum atomic E-state index is 10.1. The first-order valence-electron chi connectivity index (χ1n) is 2.80. The standard InChI is InChI=1S/C7H12O/c1-4-6(2)7(3)5-8/h4-7H,1H2,2-3H3/t6-,7-/m1/s1. The Hall–Kier alpha value is -0.590. The average Bonchev–Trinajstić information content (AvgIpc) is 1.84. The summed E-state index contributed by atoms with van der Waals surface area (Å²) in [5.41, 5.74) is 0. The highest BCUT2D eigenvalue weighted by atomic mass is 16.1. The third-order valence-corrected chi connectivity index (χ3v) is 1.42. The summed E-state index contributed by atoms with van der Waals surface area (Å²) in [6.07, 6.45) is 2.74. The van der Waals surface area contributed by atoms with Gasteiger partial charge >= 0.3 is 0 Å². The summed E-state index contributed by atoms with van der Waals surface area (Å²) in [5.74, 6) is 0.431. The van der Waals surface area contributed by atoms with E-state index in [-0.39, 0.29) is 5.92 Å². The summed E-state index contributed by atoms with van der Waals surface area (Å²) in [4.78, 5) is 10.1. The van der Waals surface area contributed by atoms with E-state index in [4.69, 9.17) is 0 Å². The zero-order valence-corrected chi connectivity index (χ0v) is 5.42. The van der Waals surface area contributed by atoms with Crippen molar-refractivity contribution in [1.82, 2.24) is 0 Å². The SMILES string of the molecule is C=C[C@@H](C)[C@H](C)C=O. The third-order valence-electron chi connectivity index (χ3n) is 1.42. The zero-order chi connectivity index (χ0) is 6.57.